The highest BCUT2D eigenvalue weighted by Crippen LogP contribution is 2.55. The topological polar surface area (TPSA) is 35.5 Å². The summed E-state index contributed by atoms with van der Waals surface area (Å²) in [6.45, 7) is 2.90. The van der Waals surface area contributed by atoms with E-state index in [0.717, 1.165) is 37.2 Å². The number of hydrogen-bond donors (Lipinski definition) is 0. The van der Waals surface area contributed by atoms with Crippen LogP contribution >= 0.6 is 0 Å². The van der Waals surface area contributed by atoms with Gasteiger partial charge in [-0.1, -0.05) is 19.1 Å². The summed E-state index contributed by atoms with van der Waals surface area (Å²) < 4.78 is 10.6. The van der Waals surface area contributed by atoms with Gasteiger partial charge in [0, 0.05) is 0 Å². The van der Waals surface area contributed by atoms with Crippen molar-refractivity contribution in [1.29, 1.82) is 0 Å². The van der Waals surface area contributed by atoms with Crippen molar-refractivity contribution in [2.24, 2.45) is 5.92 Å². The summed E-state index contributed by atoms with van der Waals surface area (Å²) in [5.41, 5.74) is 1.91. The van der Waals surface area contributed by atoms with Gasteiger partial charge >= 0.3 is 5.97 Å². The molecule has 1 aromatic rings. The molecule has 1 aliphatic carbocycles. The molecule has 2 aliphatic rings. The molecule has 0 radical (unpaired) electrons. The second-order valence-electron chi connectivity index (χ2n) is 5.34. The summed E-state index contributed by atoms with van der Waals surface area (Å²) in [6, 6.07) is 6.15. The van der Waals surface area contributed by atoms with Gasteiger partial charge in [-0.3, -0.25) is 4.79 Å². The molecule has 2 unspecified atom stereocenters. The standard InChI is InChI=1S/C15H18O3/c1-10-9-15(10,14(16)17-2)12-5-6-13-11(8-12)4-3-7-18-13/h5-6,8,10H,3-4,7,9H2,1-2H3. The van der Waals surface area contributed by atoms with Crippen LogP contribution in [0.4, 0.5) is 0 Å². The highest BCUT2D eigenvalue weighted by atomic mass is 16.5. The molecule has 3 heteroatoms. The van der Waals surface area contributed by atoms with Crippen molar-refractivity contribution < 1.29 is 14.3 Å². The van der Waals surface area contributed by atoms with Gasteiger partial charge in [0.25, 0.3) is 0 Å². The minimum atomic E-state index is -0.402. The molecule has 96 valence electrons. The lowest BCUT2D eigenvalue weighted by Crippen LogP contribution is -2.24. The maximum Gasteiger partial charge on any atom is 0.316 e. The molecule has 18 heavy (non-hydrogen) atoms. The lowest BCUT2D eigenvalue weighted by molar-refractivity contribution is -0.144. The molecule has 3 rings (SSSR count). The quantitative estimate of drug-likeness (QED) is 0.752. The van der Waals surface area contributed by atoms with Gasteiger partial charge < -0.3 is 9.47 Å². The third-order valence-corrected chi connectivity index (χ3v) is 4.28. The number of fused-ring (bicyclic) bond motifs is 1. The van der Waals surface area contributed by atoms with Gasteiger partial charge in [-0.25, -0.2) is 0 Å². The summed E-state index contributed by atoms with van der Waals surface area (Å²) in [7, 11) is 1.47. The number of aryl methyl sites for hydroxylation is 1. The van der Waals surface area contributed by atoms with Gasteiger partial charge in [0.2, 0.25) is 0 Å². The average Bonchev–Trinajstić information content (AvgIpc) is 3.10. The second-order valence-corrected chi connectivity index (χ2v) is 5.34. The Bertz CT molecular complexity index is 495. The lowest BCUT2D eigenvalue weighted by Gasteiger charge is -2.21. The van der Waals surface area contributed by atoms with E-state index >= 15 is 0 Å². The Hall–Kier alpha value is -1.51. The van der Waals surface area contributed by atoms with Crippen LogP contribution < -0.4 is 4.74 Å². The first-order valence-corrected chi connectivity index (χ1v) is 6.53. The van der Waals surface area contributed by atoms with Gasteiger partial charge in [0.05, 0.1) is 19.1 Å². The molecule has 0 aromatic heterocycles. The van der Waals surface area contributed by atoms with E-state index in [1.54, 1.807) is 0 Å². The summed E-state index contributed by atoms with van der Waals surface area (Å²) in [5.74, 6) is 1.23. The maximum absolute atomic E-state index is 12.0. The number of rotatable bonds is 2. The number of esters is 1. The first-order chi connectivity index (χ1) is 8.68. The molecule has 2 atom stereocenters. The lowest BCUT2D eigenvalue weighted by atomic mass is 9.90. The second kappa shape index (κ2) is 4.01. The van der Waals surface area contributed by atoms with Crippen LogP contribution in [0.25, 0.3) is 0 Å². The van der Waals surface area contributed by atoms with E-state index in [2.05, 4.69) is 13.0 Å². The van der Waals surface area contributed by atoms with Crippen molar-refractivity contribution in [2.45, 2.75) is 31.6 Å². The van der Waals surface area contributed by atoms with E-state index in [9.17, 15) is 4.79 Å². The van der Waals surface area contributed by atoms with Crippen LogP contribution in [0, 0.1) is 5.92 Å². The van der Waals surface area contributed by atoms with Crippen LogP contribution in [-0.2, 0) is 21.4 Å². The van der Waals surface area contributed by atoms with Crippen molar-refractivity contribution in [3.8, 4) is 5.75 Å². The summed E-state index contributed by atoms with van der Waals surface area (Å²) in [6.07, 6.45) is 2.98. The third kappa shape index (κ3) is 1.53. The van der Waals surface area contributed by atoms with Crippen molar-refractivity contribution in [1.82, 2.24) is 0 Å². The van der Waals surface area contributed by atoms with Crippen molar-refractivity contribution >= 4 is 5.97 Å². The molecule has 1 heterocycles. The average molecular weight is 246 g/mol. The first-order valence-electron chi connectivity index (χ1n) is 6.53. The van der Waals surface area contributed by atoms with Crippen LogP contribution in [-0.4, -0.2) is 19.7 Å². The number of hydrogen-bond acceptors (Lipinski definition) is 3. The zero-order valence-electron chi connectivity index (χ0n) is 10.9. The fourth-order valence-corrected chi connectivity index (χ4v) is 3.05. The summed E-state index contributed by atoms with van der Waals surface area (Å²) in [4.78, 5) is 12.0. The molecule has 1 saturated carbocycles. The summed E-state index contributed by atoms with van der Waals surface area (Å²) >= 11 is 0. The monoisotopic (exact) mass is 246 g/mol. The van der Waals surface area contributed by atoms with E-state index in [0.29, 0.717) is 5.92 Å². The number of benzene rings is 1. The van der Waals surface area contributed by atoms with E-state index < -0.39 is 5.41 Å². The van der Waals surface area contributed by atoms with E-state index in [1.165, 1.54) is 12.7 Å². The van der Waals surface area contributed by atoms with Crippen LogP contribution in [0.1, 0.15) is 30.9 Å². The van der Waals surface area contributed by atoms with Crippen molar-refractivity contribution in [3.05, 3.63) is 29.3 Å². The fraction of sp³-hybridized carbons (Fsp3) is 0.533. The smallest absolute Gasteiger partial charge is 0.316 e. The van der Waals surface area contributed by atoms with Gasteiger partial charge in [0.1, 0.15) is 5.75 Å². The van der Waals surface area contributed by atoms with Gasteiger partial charge in [0.15, 0.2) is 0 Å². The molecular formula is C15H18O3. The van der Waals surface area contributed by atoms with Crippen LogP contribution in [0.3, 0.4) is 0 Å². The molecule has 0 amide bonds. The first kappa shape index (κ1) is 11.6. The number of ether oxygens (including phenoxy) is 2. The predicted octanol–water partition coefficient (Wildman–Crippen LogP) is 2.46. The minimum Gasteiger partial charge on any atom is -0.493 e. The molecule has 1 fully saturated rings. The Labute approximate surface area is 107 Å². The highest BCUT2D eigenvalue weighted by molar-refractivity contribution is 5.87. The Kier molecular flexibility index (Phi) is 2.58. The van der Waals surface area contributed by atoms with Gasteiger partial charge in [-0.05, 0) is 42.4 Å². The van der Waals surface area contributed by atoms with Crippen molar-refractivity contribution in [2.75, 3.05) is 13.7 Å². The molecule has 0 bridgehead atoms. The molecule has 1 aliphatic heterocycles. The fourth-order valence-electron chi connectivity index (χ4n) is 3.05. The Morgan fingerprint density at radius 1 is 1.50 bits per heavy atom. The largest absolute Gasteiger partial charge is 0.493 e. The van der Waals surface area contributed by atoms with Crippen LogP contribution in [0.5, 0.6) is 5.75 Å². The molecule has 0 saturated heterocycles. The predicted molar refractivity (Wildman–Crippen MR) is 67.7 cm³/mol. The highest BCUT2D eigenvalue weighted by Gasteiger charge is 2.59. The van der Waals surface area contributed by atoms with E-state index in [-0.39, 0.29) is 5.97 Å². The van der Waals surface area contributed by atoms with Crippen LogP contribution in [0.15, 0.2) is 18.2 Å². The third-order valence-electron chi connectivity index (χ3n) is 4.28. The van der Waals surface area contributed by atoms with E-state index in [1.807, 2.05) is 12.1 Å². The Morgan fingerprint density at radius 2 is 2.28 bits per heavy atom. The van der Waals surface area contributed by atoms with Gasteiger partial charge in [-0.15, -0.1) is 0 Å². The molecular weight excluding hydrogens is 228 g/mol. The molecule has 0 spiro atoms. The molecule has 0 N–H and O–H groups in total. The SMILES string of the molecule is COC(=O)C1(c2ccc3c(c2)CCCO3)CC1C. The van der Waals surface area contributed by atoms with Crippen molar-refractivity contribution in [3.63, 3.8) is 0 Å². The minimum absolute atomic E-state index is 0.105. The Morgan fingerprint density at radius 3 is 2.94 bits per heavy atom. The zero-order valence-corrected chi connectivity index (χ0v) is 10.9. The maximum atomic E-state index is 12.0. The summed E-state index contributed by atoms with van der Waals surface area (Å²) in [5, 5.41) is 0. The molecule has 3 nitrogen and oxygen atoms in total. The van der Waals surface area contributed by atoms with Crippen LogP contribution in [0.2, 0.25) is 0 Å². The zero-order chi connectivity index (χ0) is 12.8. The Balaban J connectivity index is 1.99. The molecule has 1 aromatic carbocycles. The number of methoxy groups -OCH3 is 1. The number of carbonyl (C=O) groups is 1. The van der Waals surface area contributed by atoms with Gasteiger partial charge in [-0.2, -0.15) is 0 Å². The number of carbonyl (C=O) groups excluding carboxylic acids is 1. The normalized spacial score (nSPS) is 29.1. The van der Waals surface area contributed by atoms with E-state index in [4.69, 9.17) is 9.47 Å².